The molecule has 2 aromatic carbocycles. The molecule has 0 bridgehead atoms. The van der Waals surface area contributed by atoms with E-state index in [9.17, 15) is 9.59 Å². The topological polar surface area (TPSA) is 62.3 Å². The minimum atomic E-state index is -0.157. The third kappa shape index (κ3) is 3.78. The summed E-state index contributed by atoms with van der Waals surface area (Å²) in [6.45, 7) is 5.39. The van der Waals surface area contributed by atoms with Crippen molar-refractivity contribution in [1.82, 2.24) is 9.88 Å². The van der Waals surface area contributed by atoms with Crippen LogP contribution in [0, 0.1) is 5.92 Å². The van der Waals surface area contributed by atoms with Crippen LogP contribution in [-0.2, 0) is 17.8 Å². The maximum atomic E-state index is 12.8. The molecule has 0 radical (unpaired) electrons. The van der Waals surface area contributed by atoms with E-state index in [2.05, 4.69) is 24.1 Å². The highest BCUT2D eigenvalue weighted by Gasteiger charge is 2.25. The van der Waals surface area contributed by atoms with Gasteiger partial charge in [-0.15, -0.1) is 0 Å². The Balaban J connectivity index is 1.51. The number of nitrogens with zero attached hydrogens (tertiary/aromatic N) is 2. The van der Waals surface area contributed by atoms with Crippen LogP contribution in [0.5, 0.6) is 0 Å². The van der Waals surface area contributed by atoms with Crippen molar-refractivity contribution in [3.8, 4) is 0 Å². The van der Waals surface area contributed by atoms with Crippen LogP contribution in [0.2, 0.25) is 0 Å². The van der Waals surface area contributed by atoms with E-state index in [1.54, 1.807) is 0 Å². The lowest BCUT2D eigenvalue weighted by Crippen LogP contribution is -2.36. The van der Waals surface area contributed by atoms with Crippen molar-refractivity contribution in [1.29, 1.82) is 0 Å². The number of carbonyl (C=O) groups excluding carboxylic acids is 2. The van der Waals surface area contributed by atoms with Gasteiger partial charge in [-0.3, -0.25) is 14.9 Å². The van der Waals surface area contributed by atoms with Crippen molar-refractivity contribution < 1.29 is 9.59 Å². The van der Waals surface area contributed by atoms with Gasteiger partial charge in [-0.05, 0) is 22.8 Å². The molecule has 0 saturated heterocycles. The molecule has 1 aliphatic rings. The molecule has 1 aliphatic heterocycles. The highest BCUT2D eigenvalue weighted by atomic mass is 32.1. The van der Waals surface area contributed by atoms with Crippen LogP contribution in [-0.4, -0.2) is 28.2 Å². The Labute approximate surface area is 168 Å². The number of rotatable bonds is 4. The monoisotopic (exact) mass is 393 g/mol. The molecular formula is C22H23N3O2S. The third-order valence-corrected chi connectivity index (χ3v) is 5.92. The first-order valence-electron chi connectivity index (χ1n) is 9.56. The Hall–Kier alpha value is -2.73. The average Bonchev–Trinajstić information content (AvgIpc) is 3.08. The van der Waals surface area contributed by atoms with Crippen molar-refractivity contribution in [2.75, 3.05) is 11.9 Å². The lowest BCUT2D eigenvalue weighted by atomic mass is 10.0. The maximum Gasteiger partial charge on any atom is 0.258 e. The molecule has 4 rings (SSSR count). The minimum Gasteiger partial charge on any atom is -0.337 e. The van der Waals surface area contributed by atoms with E-state index < -0.39 is 0 Å². The standard InChI is InChI=1S/C22H23N3O2S/c1-14(2)12-20(26)25-11-10-18-19(13-25)28-22(23-18)24-21(27)17-9-5-7-15-6-3-4-8-16(15)17/h3-9,14H,10-13H2,1-2H3,(H,23,24,27). The van der Waals surface area contributed by atoms with Crippen molar-refractivity contribution in [3.05, 3.63) is 58.6 Å². The normalized spacial score (nSPS) is 13.6. The van der Waals surface area contributed by atoms with Gasteiger partial charge in [0.1, 0.15) is 0 Å². The summed E-state index contributed by atoms with van der Waals surface area (Å²) in [5.41, 5.74) is 1.63. The van der Waals surface area contributed by atoms with Crippen LogP contribution in [0.1, 0.15) is 41.2 Å². The number of amides is 2. The van der Waals surface area contributed by atoms with E-state index in [0.717, 1.165) is 27.8 Å². The lowest BCUT2D eigenvalue weighted by Gasteiger charge is -2.26. The molecule has 2 heterocycles. The van der Waals surface area contributed by atoms with Gasteiger partial charge in [0.15, 0.2) is 5.13 Å². The summed E-state index contributed by atoms with van der Waals surface area (Å²) in [5, 5.41) is 5.51. The van der Waals surface area contributed by atoms with E-state index >= 15 is 0 Å². The van der Waals surface area contributed by atoms with Gasteiger partial charge in [-0.2, -0.15) is 0 Å². The molecule has 0 saturated carbocycles. The highest BCUT2D eigenvalue weighted by Crippen LogP contribution is 2.29. The first-order valence-corrected chi connectivity index (χ1v) is 10.4. The van der Waals surface area contributed by atoms with Crippen molar-refractivity contribution in [3.63, 3.8) is 0 Å². The number of thiazole rings is 1. The predicted molar refractivity (Wildman–Crippen MR) is 113 cm³/mol. The van der Waals surface area contributed by atoms with Crippen molar-refractivity contribution in [2.24, 2.45) is 5.92 Å². The Morgan fingerprint density at radius 3 is 2.79 bits per heavy atom. The Bertz CT molecular complexity index is 1040. The summed E-state index contributed by atoms with van der Waals surface area (Å²) in [6, 6.07) is 13.6. The fourth-order valence-electron chi connectivity index (χ4n) is 3.53. The molecule has 5 nitrogen and oxygen atoms in total. The molecule has 6 heteroatoms. The van der Waals surface area contributed by atoms with Crippen molar-refractivity contribution >= 4 is 39.1 Å². The van der Waals surface area contributed by atoms with Gasteiger partial charge in [0.2, 0.25) is 5.91 Å². The lowest BCUT2D eigenvalue weighted by molar-refractivity contribution is -0.132. The maximum absolute atomic E-state index is 12.8. The van der Waals surface area contributed by atoms with E-state index in [-0.39, 0.29) is 11.8 Å². The second kappa shape index (κ2) is 7.72. The predicted octanol–water partition coefficient (Wildman–Crippen LogP) is 4.48. The zero-order valence-corrected chi connectivity index (χ0v) is 16.9. The highest BCUT2D eigenvalue weighted by molar-refractivity contribution is 7.15. The van der Waals surface area contributed by atoms with Crippen LogP contribution in [0.4, 0.5) is 5.13 Å². The molecule has 0 spiro atoms. The fourth-order valence-corrected chi connectivity index (χ4v) is 4.55. The zero-order valence-electron chi connectivity index (χ0n) is 16.1. The molecule has 144 valence electrons. The molecule has 0 unspecified atom stereocenters. The van der Waals surface area contributed by atoms with E-state index in [0.29, 0.717) is 36.1 Å². The van der Waals surface area contributed by atoms with Crippen LogP contribution >= 0.6 is 11.3 Å². The molecule has 0 atom stereocenters. The number of anilines is 1. The van der Waals surface area contributed by atoms with E-state index in [1.165, 1.54) is 11.3 Å². The van der Waals surface area contributed by atoms with Gasteiger partial charge in [-0.25, -0.2) is 4.98 Å². The van der Waals surface area contributed by atoms with Gasteiger partial charge in [0, 0.05) is 29.8 Å². The second-order valence-electron chi connectivity index (χ2n) is 7.53. The van der Waals surface area contributed by atoms with Crippen LogP contribution in [0.15, 0.2) is 42.5 Å². The van der Waals surface area contributed by atoms with Crippen LogP contribution in [0.3, 0.4) is 0 Å². The Morgan fingerprint density at radius 1 is 1.18 bits per heavy atom. The molecule has 1 N–H and O–H groups in total. The molecule has 1 aromatic heterocycles. The molecule has 2 amide bonds. The minimum absolute atomic E-state index is 0.157. The number of nitrogens with one attached hydrogen (secondary N) is 1. The van der Waals surface area contributed by atoms with Crippen LogP contribution < -0.4 is 5.32 Å². The summed E-state index contributed by atoms with van der Waals surface area (Å²) < 4.78 is 0. The van der Waals surface area contributed by atoms with Gasteiger partial charge in [-0.1, -0.05) is 61.6 Å². The Kier molecular flexibility index (Phi) is 5.13. The average molecular weight is 394 g/mol. The van der Waals surface area contributed by atoms with Crippen LogP contribution in [0.25, 0.3) is 10.8 Å². The van der Waals surface area contributed by atoms with E-state index in [4.69, 9.17) is 0 Å². The van der Waals surface area contributed by atoms with Crippen molar-refractivity contribution in [2.45, 2.75) is 33.2 Å². The first-order chi connectivity index (χ1) is 13.5. The smallest absolute Gasteiger partial charge is 0.258 e. The summed E-state index contributed by atoms with van der Waals surface area (Å²) >= 11 is 1.47. The van der Waals surface area contributed by atoms with Gasteiger partial charge in [0.25, 0.3) is 5.91 Å². The Morgan fingerprint density at radius 2 is 1.96 bits per heavy atom. The van der Waals surface area contributed by atoms with Gasteiger partial charge >= 0.3 is 0 Å². The summed E-state index contributed by atoms with van der Waals surface area (Å²) in [4.78, 5) is 32.7. The van der Waals surface area contributed by atoms with Gasteiger partial charge in [0.05, 0.1) is 12.2 Å². The quantitative estimate of drug-likeness (QED) is 0.711. The molecule has 28 heavy (non-hydrogen) atoms. The third-order valence-electron chi connectivity index (χ3n) is 4.92. The number of hydrogen-bond donors (Lipinski definition) is 1. The summed E-state index contributed by atoms with van der Waals surface area (Å²) in [6.07, 6.45) is 1.30. The number of aromatic nitrogens is 1. The van der Waals surface area contributed by atoms with Gasteiger partial charge < -0.3 is 4.90 Å². The second-order valence-corrected chi connectivity index (χ2v) is 8.62. The summed E-state index contributed by atoms with van der Waals surface area (Å²) in [7, 11) is 0. The van der Waals surface area contributed by atoms with E-state index in [1.807, 2.05) is 47.4 Å². The SMILES string of the molecule is CC(C)CC(=O)N1CCc2nc(NC(=O)c3cccc4ccccc34)sc2C1. The summed E-state index contributed by atoms with van der Waals surface area (Å²) in [5.74, 6) is 0.386. The number of fused-ring (bicyclic) bond motifs is 2. The first kappa shape index (κ1) is 18.6. The number of hydrogen-bond acceptors (Lipinski definition) is 4. The molecule has 0 aliphatic carbocycles. The molecular weight excluding hydrogens is 370 g/mol. The molecule has 0 fully saturated rings. The zero-order chi connectivity index (χ0) is 19.7. The largest absolute Gasteiger partial charge is 0.337 e. The fraction of sp³-hybridized carbons (Fsp3) is 0.318. The molecule has 3 aromatic rings. The number of benzene rings is 2. The number of carbonyl (C=O) groups is 2.